The van der Waals surface area contributed by atoms with Gasteiger partial charge < -0.3 is 4.57 Å². The fourth-order valence-electron chi connectivity index (χ4n) is 2.53. The highest BCUT2D eigenvalue weighted by molar-refractivity contribution is 6.20. The third-order valence-electron chi connectivity index (χ3n) is 3.24. The predicted molar refractivity (Wildman–Crippen MR) is 79.8 cm³/mol. The summed E-state index contributed by atoms with van der Waals surface area (Å²) in [5.41, 5.74) is 3.08. The molecule has 0 N–H and O–H groups in total. The highest BCUT2D eigenvalue weighted by atomic mass is 35.5. The molecule has 0 saturated carbocycles. The number of imidazole rings is 1. The van der Waals surface area contributed by atoms with Crippen LogP contribution >= 0.6 is 11.6 Å². The van der Waals surface area contributed by atoms with Crippen LogP contribution in [-0.4, -0.2) is 19.3 Å². The molecule has 4 nitrogen and oxygen atoms in total. The summed E-state index contributed by atoms with van der Waals surface area (Å²) in [4.78, 5) is 4.77. The van der Waals surface area contributed by atoms with Gasteiger partial charge in [-0.1, -0.05) is 13.3 Å². The topological polar surface area (TPSA) is 35.6 Å². The third kappa shape index (κ3) is 2.38. The summed E-state index contributed by atoms with van der Waals surface area (Å²) in [6, 6.07) is 0. The van der Waals surface area contributed by atoms with Crippen molar-refractivity contribution < 1.29 is 0 Å². The average Bonchev–Trinajstić information content (AvgIpc) is 2.78. The van der Waals surface area contributed by atoms with Crippen molar-refractivity contribution in [3.05, 3.63) is 11.5 Å². The maximum atomic E-state index is 6.31. The smallest absolute Gasteiger partial charge is 0.159 e. The van der Waals surface area contributed by atoms with Gasteiger partial charge in [-0.25, -0.2) is 4.98 Å². The van der Waals surface area contributed by atoms with Crippen LogP contribution in [0.1, 0.15) is 57.9 Å². The molecule has 0 aromatic carbocycles. The number of nitrogens with zero attached hydrogens (tertiary/aromatic N) is 4. The number of aryl methyl sites for hydroxylation is 2. The molecule has 2 aromatic rings. The molecule has 19 heavy (non-hydrogen) atoms. The predicted octanol–water partition coefficient (Wildman–Crippen LogP) is 3.78. The number of rotatable bonds is 3. The van der Waals surface area contributed by atoms with Crippen molar-refractivity contribution in [3.8, 4) is 0 Å². The molecule has 0 radical (unpaired) electrons. The zero-order valence-electron chi connectivity index (χ0n) is 12.7. The quantitative estimate of drug-likeness (QED) is 0.803. The Bertz CT molecular complexity index is 587. The molecule has 2 aromatic heterocycles. The molecule has 0 fully saturated rings. The molecular weight excluding hydrogens is 260 g/mol. The Hall–Kier alpha value is -1.03. The molecular formula is C14H23ClN4. The second-order valence-corrected chi connectivity index (χ2v) is 6.74. The lowest BCUT2D eigenvalue weighted by Gasteiger charge is -2.25. The first kappa shape index (κ1) is 14.4. The molecule has 0 aliphatic heterocycles. The van der Waals surface area contributed by atoms with E-state index in [1.165, 1.54) is 0 Å². The molecule has 0 spiro atoms. The van der Waals surface area contributed by atoms with Gasteiger partial charge in [0.25, 0.3) is 0 Å². The van der Waals surface area contributed by atoms with E-state index in [4.69, 9.17) is 16.6 Å². The van der Waals surface area contributed by atoms with Gasteiger partial charge in [0.2, 0.25) is 0 Å². The minimum absolute atomic E-state index is 0.0650. The van der Waals surface area contributed by atoms with E-state index >= 15 is 0 Å². The van der Waals surface area contributed by atoms with Gasteiger partial charge in [-0.15, -0.1) is 11.6 Å². The maximum Gasteiger partial charge on any atom is 0.159 e. The highest BCUT2D eigenvalue weighted by Gasteiger charge is 2.27. The number of halogens is 1. The molecule has 1 atom stereocenters. The molecule has 0 saturated heterocycles. The SMILES string of the molecule is CCCc1nn(C)c2c1nc(C(C)Cl)n2C(C)(C)C. The van der Waals surface area contributed by atoms with Crippen LogP contribution in [0.5, 0.6) is 0 Å². The number of hydrogen-bond donors (Lipinski definition) is 0. The van der Waals surface area contributed by atoms with Crippen LogP contribution in [-0.2, 0) is 19.0 Å². The van der Waals surface area contributed by atoms with Crippen LogP contribution in [0.2, 0.25) is 0 Å². The van der Waals surface area contributed by atoms with Crippen LogP contribution in [0.15, 0.2) is 0 Å². The second-order valence-electron chi connectivity index (χ2n) is 6.08. The van der Waals surface area contributed by atoms with E-state index in [0.29, 0.717) is 0 Å². The van der Waals surface area contributed by atoms with Crippen LogP contribution < -0.4 is 0 Å². The molecule has 0 bridgehead atoms. The van der Waals surface area contributed by atoms with Gasteiger partial charge in [-0.2, -0.15) is 5.10 Å². The average molecular weight is 283 g/mol. The Balaban J connectivity index is 2.79. The molecule has 106 valence electrons. The van der Waals surface area contributed by atoms with E-state index in [1.807, 2.05) is 18.7 Å². The number of hydrogen-bond acceptors (Lipinski definition) is 2. The van der Waals surface area contributed by atoms with Gasteiger partial charge in [0.05, 0.1) is 11.1 Å². The molecule has 0 aliphatic carbocycles. The second kappa shape index (κ2) is 4.82. The van der Waals surface area contributed by atoms with Crippen LogP contribution in [0, 0.1) is 0 Å². The summed E-state index contributed by atoms with van der Waals surface area (Å²) >= 11 is 6.31. The summed E-state index contributed by atoms with van der Waals surface area (Å²) in [5, 5.41) is 4.49. The normalized spacial score (nSPS) is 14.3. The van der Waals surface area contributed by atoms with E-state index in [0.717, 1.165) is 35.5 Å². The van der Waals surface area contributed by atoms with E-state index in [-0.39, 0.29) is 10.9 Å². The number of aromatic nitrogens is 4. The van der Waals surface area contributed by atoms with Crippen molar-refractivity contribution >= 4 is 22.8 Å². The van der Waals surface area contributed by atoms with Crippen molar-refractivity contribution in [1.29, 1.82) is 0 Å². The largest absolute Gasteiger partial charge is 0.306 e. The Kier molecular flexibility index (Phi) is 3.65. The fourth-order valence-corrected chi connectivity index (χ4v) is 2.68. The first-order chi connectivity index (χ1) is 8.77. The van der Waals surface area contributed by atoms with Crippen LogP contribution in [0.3, 0.4) is 0 Å². The molecule has 0 amide bonds. The lowest BCUT2D eigenvalue weighted by atomic mass is 10.1. The monoisotopic (exact) mass is 282 g/mol. The molecule has 2 heterocycles. The first-order valence-corrected chi connectivity index (χ1v) is 7.29. The minimum atomic E-state index is -0.110. The molecule has 5 heteroatoms. The molecule has 1 unspecified atom stereocenters. The zero-order valence-corrected chi connectivity index (χ0v) is 13.4. The van der Waals surface area contributed by atoms with E-state index in [9.17, 15) is 0 Å². The van der Waals surface area contributed by atoms with Gasteiger partial charge in [-0.05, 0) is 34.1 Å². The summed E-state index contributed by atoms with van der Waals surface area (Å²) in [6.07, 6.45) is 2.02. The minimum Gasteiger partial charge on any atom is -0.306 e. The van der Waals surface area contributed by atoms with Crippen molar-refractivity contribution in [2.45, 2.75) is 58.4 Å². The number of alkyl halides is 1. The lowest BCUT2D eigenvalue weighted by molar-refractivity contribution is 0.387. The van der Waals surface area contributed by atoms with Crippen LogP contribution in [0.4, 0.5) is 0 Å². The van der Waals surface area contributed by atoms with Gasteiger partial charge >= 0.3 is 0 Å². The molecule has 2 rings (SSSR count). The molecule has 0 aliphatic rings. The lowest BCUT2D eigenvalue weighted by Crippen LogP contribution is -2.25. The summed E-state index contributed by atoms with van der Waals surface area (Å²) in [5.74, 6) is 0.925. The van der Waals surface area contributed by atoms with Crippen molar-refractivity contribution in [3.63, 3.8) is 0 Å². The first-order valence-electron chi connectivity index (χ1n) is 6.86. The van der Waals surface area contributed by atoms with Crippen molar-refractivity contribution in [1.82, 2.24) is 19.3 Å². The highest BCUT2D eigenvalue weighted by Crippen LogP contribution is 2.32. The van der Waals surface area contributed by atoms with Gasteiger partial charge in [0, 0.05) is 12.6 Å². The maximum absolute atomic E-state index is 6.31. The van der Waals surface area contributed by atoms with Crippen molar-refractivity contribution in [2.75, 3.05) is 0 Å². The Morgan fingerprint density at radius 1 is 1.32 bits per heavy atom. The standard InChI is InChI=1S/C14H23ClN4/c1-7-8-10-11-13(18(6)17-10)19(14(3,4)5)12(16-11)9(2)15/h9H,7-8H2,1-6H3. The summed E-state index contributed by atoms with van der Waals surface area (Å²) in [7, 11) is 1.98. The number of fused-ring (bicyclic) bond motifs is 1. The van der Waals surface area contributed by atoms with Gasteiger partial charge in [0.15, 0.2) is 5.65 Å². The van der Waals surface area contributed by atoms with E-state index in [2.05, 4.69) is 37.4 Å². The Morgan fingerprint density at radius 3 is 2.42 bits per heavy atom. The Labute approximate surface area is 119 Å². The van der Waals surface area contributed by atoms with Gasteiger partial charge in [0.1, 0.15) is 11.3 Å². The zero-order chi connectivity index (χ0) is 14.4. The fraction of sp³-hybridized carbons (Fsp3) is 0.714. The van der Waals surface area contributed by atoms with Gasteiger partial charge in [-0.3, -0.25) is 4.68 Å². The third-order valence-corrected chi connectivity index (χ3v) is 3.44. The Morgan fingerprint density at radius 2 is 1.95 bits per heavy atom. The summed E-state index contributed by atoms with van der Waals surface area (Å²) < 4.78 is 4.15. The van der Waals surface area contributed by atoms with E-state index < -0.39 is 0 Å². The van der Waals surface area contributed by atoms with Crippen LogP contribution in [0.25, 0.3) is 11.2 Å². The van der Waals surface area contributed by atoms with E-state index in [1.54, 1.807) is 0 Å². The summed E-state index contributed by atoms with van der Waals surface area (Å²) in [6.45, 7) is 10.6. The van der Waals surface area contributed by atoms with Crippen molar-refractivity contribution in [2.24, 2.45) is 7.05 Å².